The Kier molecular flexibility index (Phi) is 2.27. The molecule has 1 aliphatic heterocycles. The monoisotopic (exact) mass is 223 g/mol. The molecule has 5 heteroatoms. The molecule has 1 aliphatic rings. The van der Waals surface area contributed by atoms with Crippen LogP contribution in [0.4, 0.5) is 0 Å². The highest BCUT2D eigenvalue weighted by Gasteiger charge is 2.40. The highest BCUT2D eigenvalue weighted by Crippen LogP contribution is 2.27. The van der Waals surface area contributed by atoms with E-state index in [0.717, 1.165) is 0 Å². The Hall–Kier alpha value is -1.75. The fourth-order valence-electron chi connectivity index (χ4n) is 1.79. The second kappa shape index (κ2) is 3.38. The molecule has 0 aromatic heterocycles. The van der Waals surface area contributed by atoms with E-state index in [1.165, 1.54) is 23.1 Å². The van der Waals surface area contributed by atoms with Crippen LogP contribution in [0.25, 0.3) is 0 Å². The number of aromatic hydroxyl groups is 2. The summed E-state index contributed by atoms with van der Waals surface area (Å²) in [5, 5.41) is 28.2. The van der Waals surface area contributed by atoms with Crippen LogP contribution in [-0.4, -0.2) is 44.8 Å². The molecule has 0 spiro atoms. The second-order valence-corrected chi connectivity index (χ2v) is 4.36. The number of carbonyl (C=O) groups excluding carboxylic acids is 1. The van der Waals surface area contributed by atoms with E-state index in [0.29, 0.717) is 0 Å². The Bertz CT molecular complexity index is 434. The number of aliphatic hydroxyl groups is 1. The van der Waals surface area contributed by atoms with Crippen molar-refractivity contribution in [1.29, 1.82) is 0 Å². The van der Waals surface area contributed by atoms with Crippen molar-refractivity contribution in [2.45, 2.75) is 12.5 Å². The molecular formula is C11H13NO4. The summed E-state index contributed by atoms with van der Waals surface area (Å²) >= 11 is 0. The van der Waals surface area contributed by atoms with Crippen LogP contribution in [-0.2, 0) is 0 Å². The average Bonchev–Trinajstić information content (AvgIpc) is 2.17. The molecule has 1 amide bonds. The van der Waals surface area contributed by atoms with E-state index in [-0.39, 0.29) is 36.1 Å². The highest BCUT2D eigenvalue weighted by molar-refractivity contribution is 5.97. The summed E-state index contributed by atoms with van der Waals surface area (Å²) in [5.41, 5.74) is -0.794. The summed E-state index contributed by atoms with van der Waals surface area (Å²) in [4.78, 5) is 13.2. The minimum atomic E-state index is -0.845. The normalized spacial score (nSPS) is 18.0. The fourth-order valence-corrected chi connectivity index (χ4v) is 1.79. The first-order valence-corrected chi connectivity index (χ1v) is 4.93. The largest absolute Gasteiger partial charge is 0.508 e. The molecule has 0 radical (unpaired) electrons. The quantitative estimate of drug-likeness (QED) is 0.598. The molecule has 0 bridgehead atoms. The van der Waals surface area contributed by atoms with Crippen molar-refractivity contribution in [3.8, 4) is 11.5 Å². The van der Waals surface area contributed by atoms with E-state index in [9.17, 15) is 20.1 Å². The van der Waals surface area contributed by atoms with Crippen LogP contribution in [0.1, 0.15) is 17.3 Å². The zero-order valence-corrected chi connectivity index (χ0v) is 8.84. The number of hydrogen-bond donors (Lipinski definition) is 3. The van der Waals surface area contributed by atoms with Crippen LogP contribution in [0.15, 0.2) is 18.2 Å². The fraction of sp³-hybridized carbons (Fsp3) is 0.364. The number of carbonyl (C=O) groups is 1. The van der Waals surface area contributed by atoms with E-state index in [4.69, 9.17) is 0 Å². The van der Waals surface area contributed by atoms with Gasteiger partial charge in [0.1, 0.15) is 11.5 Å². The molecular weight excluding hydrogens is 210 g/mol. The van der Waals surface area contributed by atoms with Crippen molar-refractivity contribution in [3.05, 3.63) is 23.8 Å². The first-order chi connectivity index (χ1) is 7.39. The van der Waals surface area contributed by atoms with Gasteiger partial charge in [-0.3, -0.25) is 4.79 Å². The molecule has 5 nitrogen and oxygen atoms in total. The Morgan fingerprint density at radius 1 is 1.38 bits per heavy atom. The van der Waals surface area contributed by atoms with Crippen LogP contribution >= 0.6 is 0 Å². The van der Waals surface area contributed by atoms with Gasteiger partial charge in [-0.1, -0.05) is 0 Å². The van der Waals surface area contributed by atoms with E-state index in [1.54, 1.807) is 6.92 Å². The number of β-amino-alcohol motifs (C(OH)–C–C–N with tert-alkyl or cyclic N) is 1. The first kappa shape index (κ1) is 10.8. The zero-order chi connectivity index (χ0) is 11.9. The number of benzene rings is 1. The molecule has 0 aliphatic carbocycles. The van der Waals surface area contributed by atoms with Gasteiger partial charge in [0.15, 0.2) is 0 Å². The van der Waals surface area contributed by atoms with Gasteiger partial charge in [-0.25, -0.2) is 0 Å². The lowest BCUT2D eigenvalue weighted by Crippen LogP contribution is -2.61. The van der Waals surface area contributed by atoms with E-state index in [1.807, 2.05) is 0 Å². The smallest absolute Gasteiger partial charge is 0.257 e. The number of likely N-dealkylation sites (tertiary alicyclic amines) is 1. The number of phenols is 2. The van der Waals surface area contributed by atoms with Gasteiger partial charge in [0.05, 0.1) is 24.3 Å². The third-order valence-corrected chi connectivity index (χ3v) is 2.56. The van der Waals surface area contributed by atoms with E-state index < -0.39 is 5.60 Å². The summed E-state index contributed by atoms with van der Waals surface area (Å²) in [6, 6.07) is 3.78. The third-order valence-electron chi connectivity index (χ3n) is 2.56. The molecule has 0 atom stereocenters. The topological polar surface area (TPSA) is 81.0 Å². The summed E-state index contributed by atoms with van der Waals surface area (Å²) in [6.07, 6.45) is 0. The van der Waals surface area contributed by atoms with Gasteiger partial charge >= 0.3 is 0 Å². The summed E-state index contributed by atoms with van der Waals surface area (Å²) in [5.74, 6) is -0.636. The Morgan fingerprint density at radius 2 is 2.00 bits per heavy atom. The molecule has 86 valence electrons. The Labute approximate surface area is 92.6 Å². The van der Waals surface area contributed by atoms with Crippen molar-refractivity contribution in [2.75, 3.05) is 13.1 Å². The molecule has 1 aromatic rings. The van der Waals surface area contributed by atoms with Gasteiger partial charge < -0.3 is 20.2 Å². The van der Waals surface area contributed by atoms with E-state index in [2.05, 4.69) is 0 Å². The Balaban J connectivity index is 2.19. The van der Waals surface area contributed by atoms with Gasteiger partial charge in [0.2, 0.25) is 0 Å². The maximum absolute atomic E-state index is 11.8. The molecule has 3 N–H and O–H groups in total. The molecule has 0 saturated carbocycles. The van der Waals surface area contributed by atoms with Crippen molar-refractivity contribution < 1.29 is 20.1 Å². The number of phenolic OH excluding ortho intramolecular Hbond substituents is 2. The van der Waals surface area contributed by atoms with E-state index >= 15 is 0 Å². The van der Waals surface area contributed by atoms with Crippen molar-refractivity contribution in [2.24, 2.45) is 0 Å². The molecule has 0 unspecified atom stereocenters. The van der Waals surface area contributed by atoms with Crippen LogP contribution < -0.4 is 0 Å². The van der Waals surface area contributed by atoms with Crippen LogP contribution in [0.5, 0.6) is 11.5 Å². The third kappa shape index (κ3) is 1.81. The highest BCUT2D eigenvalue weighted by atomic mass is 16.3. The SMILES string of the molecule is CC1(O)CN(C(=O)c2cc(O)ccc2O)C1. The predicted molar refractivity (Wildman–Crippen MR) is 56.3 cm³/mol. The number of amides is 1. The first-order valence-electron chi connectivity index (χ1n) is 4.93. The number of nitrogens with zero attached hydrogens (tertiary/aromatic N) is 1. The summed E-state index contributed by atoms with van der Waals surface area (Å²) in [7, 11) is 0. The molecule has 1 heterocycles. The lowest BCUT2D eigenvalue weighted by Gasteiger charge is -2.44. The maximum atomic E-state index is 11.8. The van der Waals surface area contributed by atoms with Crippen LogP contribution in [0, 0.1) is 0 Å². The lowest BCUT2D eigenvalue weighted by molar-refractivity contribution is -0.0669. The molecule has 16 heavy (non-hydrogen) atoms. The standard InChI is InChI=1S/C11H13NO4/c1-11(16)5-12(6-11)10(15)8-4-7(13)2-3-9(8)14/h2-4,13-14,16H,5-6H2,1H3. The van der Waals surface area contributed by atoms with Gasteiger partial charge in [0.25, 0.3) is 5.91 Å². The molecule has 2 rings (SSSR count). The lowest BCUT2D eigenvalue weighted by atomic mass is 9.95. The summed E-state index contributed by atoms with van der Waals surface area (Å²) < 4.78 is 0. The molecule has 1 fully saturated rings. The summed E-state index contributed by atoms with van der Waals surface area (Å²) in [6.45, 7) is 2.11. The van der Waals surface area contributed by atoms with Crippen molar-refractivity contribution in [1.82, 2.24) is 4.90 Å². The van der Waals surface area contributed by atoms with Gasteiger partial charge in [-0.05, 0) is 25.1 Å². The zero-order valence-electron chi connectivity index (χ0n) is 8.84. The van der Waals surface area contributed by atoms with Crippen molar-refractivity contribution >= 4 is 5.91 Å². The minimum Gasteiger partial charge on any atom is -0.508 e. The van der Waals surface area contributed by atoms with Crippen LogP contribution in [0.2, 0.25) is 0 Å². The predicted octanol–water partition coefficient (Wildman–Crippen LogP) is 0.305. The van der Waals surface area contributed by atoms with Crippen molar-refractivity contribution in [3.63, 3.8) is 0 Å². The van der Waals surface area contributed by atoms with Gasteiger partial charge in [-0.2, -0.15) is 0 Å². The minimum absolute atomic E-state index is 0.0514. The van der Waals surface area contributed by atoms with Crippen LogP contribution in [0.3, 0.4) is 0 Å². The number of rotatable bonds is 1. The maximum Gasteiger partial charge on any atom is 0.257 e. The molecule has 1 saturated heterocycles. The second-order valence-electron chi connectivity index (χ2n) is 4.36. The van der Waals surface area contributed by atoms with Gasteiger partial charge in [0, 0.05) is 0 Å². The Morgan fingerprint density at radius 3 is 2.56 bits per heavy atom. The number of hydrogen-bond acceptors (Lipinski definition) is 4. The molecule has 1 aromatic carbocycles. The van der Waals surface area contributed by atoms with Gasteiger partial charge in [-0.15, -0.1) is 0 Å². The average molecular weight is 223 g/mol.